The number of anilines is 1. The molecule has 0 atom stereocenters. The van der Waals surface area contributed by atoms with Crippen LogP contribution in [-0.4, -0.2) is 15.0 Å². The van der Waals surface area contributed by atoms with Gasteiger partial charge in [0, 0.05) is 39.0 Å². The van der Waals surface area contributed by atoms with E-state index in [1.165, 1.54) is 11.8 Å². The first-order valence-electron chi connectivity index (χ1n) is 5.52. The highest BCUT2D eigenvalue weighted by molar-refractivity contribution is 9.10. The molecule has 0 unspecified atom stereocenters. The van der Waals surface area contributed by atoms with Gasteiger partial charge in [0.05, 0.1) is 5.52 Å². The van der Waals surface area contributed by atoms with Gasteiger partial charge in [-0.1, -0.05) is 0 Å². The SMILES string of the molecule is Nc1ccc(Sc2ncccn2)c2ncc(Br)cc12. The molecule has 2 heterocycles. The number of hydrogen-bond donors (Lipinski definition) is 1. The first-order chi connectivity index (χ1) is 9.24. The zero-order chi connectivity index (χ0) is 13.2. The van der Waals surface area contributed by atoms with E-state index in [0.717, 1.165) is 20.3 Å². The van der Waals surface area contributed by atoms with E-state index < -0.39 is 0 Å². The molecule has 2 aromatic heterocycles. The van der Waals surface area contributed by atoms with Crippen molar-refractivity contribution in [3.05, 3.63) is 47.3 Å². The van der Waals surface area contributed by atoms with Crippen molar-refractivity contribution in [2.24, 2.45) is 0 Å². The molecule has 3 aromatic rings. The van der Waals surface area contributed by atoms with Gasteiger partial charge >= 0.3 is 0 Å². The van der Waals surface area contributed by atoms with Gasteiger partial charge in [-0.3, -0.25) is 4.98 Å². The molecule has 4 nitrogen and oxygen atoms in total. The number of nitrogen functional groups attached to an aromatic ring is 1. The molecule has 0 saturated heterocycles. The predicted octanol–water partition coefficient (Wildman–Crippen LogP) is 3.52. The lowest BCUT2D eigenvalue weighted by Crippen LogP contribution is -1.91. The van der Waals surface area contributed by atoms with Crippen LogP contribution in [0.25, 0.3) is 10.9 Å². The highest BCUT2D eigenvalue weighted by Crippen LogP contribution is 2.33. The summed E-state index contributed by atoms with van der Waals surface area (Å²) in [6, 6.07) is 7.58. The first-order valence-corrected chi connectivity index (χ1v) is 7.13. The molecule has 2 N–H and O–H groups in total. The van der Waals surface area contributed by atoms with E-state index in [9.17, 15) is 0 Å². The lowest BCUT2D eigenvalue weighted by atomic mass is 10.2. The Labute approximate surface area is 122 Å². The molecule has 0 amide bonds. The fourth-order valence-corrected chi connectivity index (χ4v) is 2.86. The van der Waals surface area contributed by atoms with Crippen LogP contribution in [0, 0.1) is 0 Å². The van der Waals surface area contributed by atoms with E-state index in [2.05, 4.69) is 30.9 Å². The van der Waals surface area contributed by atoms with Crippen molar-refractivity contribution in [1.82, 2.24) is 15.0 Å². The van der Waals surface area contributed by atoms with Crippen LogP contribution < -0.4 is 5.73 Å². The van der Waals surface area contributed by atoms with Crippen LogP contribution in [0.3, 0.4) is 0 Å². The molecule has 0 fully saturated rings. The van der Waals surface area contributed by atoms with Gasteiger partial charge < -0.3 is 5.73 Å². The second-order valence-corrected chi connectivity index (χ2v) is 5.76. The van der Waals surface area contributed by atoms with Crippen molar-refractivity contribution in [2.45, 2.75) is 10.1 Å². The summed E-state index contributed by atoms with van der Waals surface area (Å²) < 4.78 is 0.907. The highest BCUT2D eigenvalue weighted by Gasteiger charge is 2.09. The van der Waals surface area contributed by atoms with Gasteiger partial charge in [-0.25, -0.2) is 9.97 Å². The molecule has 0 radical (unpaired) electrons. The molecule has 0 spiro atoms. The third-order valence-electron chi connectivity index (χ3n) is 2.56. The Morgan fingerprint density at radius 1 is 1.11 bits per heavy atom. The minimum Gasteiger partial charge on any atom is -0.398 e. The summed E-state index contributed by atoms with van der Waals surface area (Å²) in [5.41, 5.74) is 7.56. The quantitative estimate of drug-likeness (QED) is 0.574. The number of pyridine rings is 1. The zero-order valence-electron chi connectivity index (χ0n) is 9.75. The Hall–Kier alpha value is -1.66. The molecular formula is C13H9BrN4S. The molecule has 6 heteroatoms. The van der Waals surface area contributed by atoms with Gasteiger partial charge in [0.2, 0.25) is 0 Å². The third-order valence-corrected chi connectivity index (χ3v) is 3.93. The number of aromatic nitrogens is 3. The average molecular weight is 333 g/mol. The van der Waals surface area contributed by atoms with Crippen molar-refractivity contribution in [3.8, 4) is 0 Å². The van der Waals surface area contributed by atoms with Gasteiger partial charge in [-0.2, -0.15) is 0 Å². The number of hydrogen-bond acceptors (Lipinski definition) is 5. The normalized spacial score (nSPS) is 10.8. The smallest absolute Gasteiger partial charge is 0.192 e. The summed E-state index contributed by atoms with van der Waals surface area (Å²) in [6.07, 6.45) is 5.20. The maximum Gasteiger partial charge on any atom is 0.192 e. The number of nitrogens with two attached hydrogens (primary N) is 1. The van der Waals surface area contributed by atoms with E-state index in [4.69, 9.17) is 5.73 Å². The van der Waals surface area contributed by atoms with E-state index in [0.29, 0.717) is 10.8 Å². The number of nitrogens with zero attached hydrogens (tertiary/aromatic N) is 3. The van der Waals surface area contributed by atoms with Crippen molar-refractivity contribution >= 4 is 44.3 Å². The fraction of sp³-hybridized carbons (Fsp3) is 0. The van der Waals surface area contributed by atoms with Crippen LogP contribution in [0.15, 0.2) is 57.4 Å². The Kier molecular flexibility index (Phi) is 3.35. The summed E-state index contributed by atoms with van der Waals surface area (Å²) in [4.78, 5) is 13.8. The van der Waals surface area contributed by atoms with Gasteiger partial charge in [0.15, 0.2) is 5.16 Å². The van der Waals surface area contributed by atoms with Gasteiger partial charge in [-0.05, 0) is 52.0 Å². The van der Waals surface area contributed by atoms with Crippen LogP contribution in [0.5, 0.6) is 0 Å². The van der Waals surface area contributed by atoms with Crippen LogP contribution in [0.2, 0.25) is 0 Å². The zero-order valence-corrected chi connectivity index (χ0v) is 12.1. The third kappa shape index (κ3) is 2.54. The van der Waals surface area contributed by atoms with E-state index in [1.807, 2.05) is 18.2 Å². The monoisotopic (exact) mass is 332 g/mol. The van der Waals surface area contributed by atoms with Crippen molar-refractivity contribution < 1.29 is 0 Å². The standard InChI is InChI=1S/C13H9BrN4S/c14-8-6-9-10(15)2-3-11(12(9)18-7-8)19-13-16-4-1-5-17-13/h1-7H,15H2. The van der Waals surface area contributed by atoms with E-state index in [1.54, 1.807) is 24.7 Å². The average Bonchev–Trinajstić information content (AvgIpc) is 2.43. The van der Waals surface area contributed by atoms with Gasteiger partial charge in [-0.15, -0.1) is 0 Å². The van der Waals surface area contributed by atoms with Gasteiger partial charge in [0.25, 0.3) is 0 Å². The molecule has 0 aliphatic heterocycles. The molecule has 19 heavy (non-hydrogen) atoms. The minimum absolute atomic E-state index is 0.693. The van der Waals surface area contributed by atoms with Crippen molar-refractivity contribution in [2.75, 3.05) is 5.73 Å². The minimum atomic E-state index is 0.693. The van der Waals surface area contributed by atoms with Crippen LogP contribution >= 0.6 is 27.7 Å². The van der Waals surface area contributed by atoms with E-state index in [-0.39, 0.29) is 0 Å². The first kappa shape index (κ1) is 12.4. The molecular weight excluding hydrogens is 324 g/mol. The summed E-state index contributed by atoms with van der Waals surface area (Å²) >= 11 is 4.88. The molecule has 94 valence electrons. The summed E-state index contributed by atoms with van der Waals surface area (Å²) in [7, 11) is 0. The molecule has 0 aliphatic rings. The molecule has 0 aliphatic carbocycles. The fourth-order valence-electron chi connectivity index (χ4n) is 1.71. The lowest BCUT2D eigenvalue weighted by molar-refractivity contribution is 0.967. The summed E-state index contributed by atoms with van der Waals surface area (Å²) in [5, 5.41) is 1.62. The summed E-state index contributed by atoms with van der Waals surface area (Å²) in [6.45, 7) is 0. The second-order valence-electron chi connectivity index (χ2n) is 3.84. The number of fused-ring (bicyclic) bond motifs is 1. The molecule has 0 saturated carbocycles. The maximum atomic E-state index is 5.99. The Morgan fingerprint density at radius 2 is 1.89 bits per heavy atom. The summed E-state index contributed by atoms with van der Waals surface area (Å²) in [5.74, 6) is 0. The lowest BCUT2D eigenvalue weighted by Gasteiger charge is -2.07. The Balaban J connectivity index is 2.12. The Morgan fingerprint density at radius 3 is 2.68 bits per heavy atom. The van der Waals surface area contributed by atoms with E-state index >= 15 is 0 Å². The molecule has 1 aromatic carbocycles. The molecule has 3 rings (SSSR count). The van der Waals surface area contributed by atoms with Gasteiger partial charge in [0.1, 0.15) is 0 Å². The molecule has 0 bridgehead atoms. The topological polar surface area (TPSA) is 64.7 Å². The highest BCUT2D eigenvalue weighted by atomic mass is 79.9. The number of halogens is 1. The second kappa shape index (κ2) is 5.14. The largest absolute Gasteiger partial charge is 0.398 e. The van der Waals surface area contributed by atoms with Crippen LogP contribution in [0.1, 0.15) is 0 Å². The van der Waals surface area contributed by atoms with Crippen LogP contribution in [-0.2, 0) is 0 Å². The van der Waals surface area contributed by atoms with Crippen molar-refractivity contribution in [3.63, 3.8) is 0 Å². The van der Waals surface area contributed by atoms with Crippen molar-refractivity contribution in [1.29, 1.82) is 0 Å². The van der Waals surface area contributed by atoms with Crippen LogP contribution in [0.4, 0.5) is 5.69 Å². The number of benzene rings is 1. The Bertz CT molecular complexity index is 733. The number of rotatable bonds is 2. The predicted molar refractivity (Wildman–Crippen MR) is 80.0 cm³/mol. The maximum absolute atomic E-state index is 5.99.